The zero-order valence-corrected chi connectivity index (χ0v) is 15.8. The molecule has 144 valence electrons. The molecule has 2 atom stereocenters. The summed E-state index contributed by atoms with van der Waals surface area (Å²) in [5.74, 6) is 0.504. The fourth-order valence-electron chi connectivity index (χ4n) is 2.75. The molecule has 0 bridgehead atoms. The second kappa shape index (κ2) is 8.40. The van der Waals surface area contributed by atoms with Crippen LogP contribution in [0.3, 0.4) is 0 Å². The number of β-amino-alcohol motifs (C(OH)–C–C–N with tert-alkyl or cyclic N) is 1. The first-order chi connectivity index (χ1) is 12.2. The number of likely N-dealkylation sites (N-methyl/N-ethyl adjacent to an activating group) is 1. The number of carbonyl (C=O) groups is 2. The summed E-state index contributed by atoms with van der Waals surface area (Å²) in [4.78, 5) is 27.9. The molecule has 0 saturated carbocycles. The minimum atomic E-state index is -0.731. The van der Waals surface area contributed by atoms with Gasteiger partial charge in [-0.05, 0) is 32.9 Å². The number of rotatable bonds is 5. The van der Waals surface area contributed by atoms with Gasteiger partial charge in [-0.1, -0.05) is 18.2 Å². The van der Waals surface area contributed by atoms with Gasteiger partial charge in [-0.25, -0.2) is 4.79 Å². The number of nitrogens with zero attached hydrogens (tertiary/aromatic N) is 2. The third-order valence-electron chi connectivity index (χ3n) is 4.01. The molecule has 0 aliphatic carbocycles. The second-order valence-corrected chi connectivity index (χ2v) is 7.46. The van der Waals surface area contributed by atoms with Crippen molar-refractivity contribution in [1.29, 1.82) is 0 Å². The molecule has 1 aromatic carbocycles. The van der Waals surface area contributed by atoms with E-state index in [-0.39, 0.29) is 18.9 Å². The first-order valence-corrected chi connectivity index (χ1v) is 8.78. The highest BCUT2D eigenvalue weighted by Gasteiger charge is 2.41. The molecule has 1 aliphatic rings. The number of para-hydroxylation sites is 1. The van der Waals surface area contributed by atoms with Gasteiger partial charge >= 0.3 is 6.09 Å². The highest BCUT2D eigenvalue weighted by atomic mass is 16.6. The van der Waals surface area contributed by atoms with Crippen LogP contribution in [0.4, 0.5) is 4.79 Å². The number of aliphatic hydroxyl groups is 1. The Hall–Kier alpha value is -2.28. The smallest absolute Gasteiger partial charge is 0.411 e. The third kappa shape index (κ3) is 5.62. The number of likely N-dealkylation sites (tertiary alicyclic amines) is 1. The lowest BCUT2D eigenvalue weighted by Crippen LogP contribution is -2.48. The van der Waals surface area contributed by atoms with Gasteiger partial charge in [0.1, 0.15) is 24.0 Å². The number of ether oxygens (including phenoxy) is 2. The van der Waals surface area contributed by atoms with Crippen LogP contribution in [-0.2, 0) is 9.53 Å². The van der Waals surface area contributed by atoms with E-state index in [2.05, 4.69) is 0 Å². The lowest BCUT2D eigenvalue weighted by molar-refractivity contribution is -0.135. The van der Waals surface area contributed by atoms with E-state index in [1.807, 2.05) is 30.3 Å². The van der Waals surface area contributed by atoms with E-state index in [0.29, 0.717) is 13.2 Å². The van der Waals surface area contributed by atoms with Crippen LogP contribution >= 0.6 is 0 Å². The van der Waals surface area contributed by atoms with Gasteiger partial charge in [0.25, 0.3) is 0 Å². The van der Waals surface area contributed by atoms with E-state index >= 15 is 0 Å². The van der Waals surface area contributed by atoms with Crippen LogP contribution in [0.5, 0.6) is 5.75 Å². The minimum Gasteiger partial charge on any atom is -0.492 e. The Morgan fingerprint density at radius 1 is 1.27 bits per heavy atom. The maximum atomic E-state index is 12.7. The van der Waals surface area contributed by atoms with Crippen molar-refractivity contribution in [2.75, 3.05) is 26.7 Å². The number of hydrogen-bond donors (Lipinski definition) is 1. The lowest BCUT2D eigenvalue weighted by atomic mass is 10.1. The average molecular weight is 364 g/mol. The maximum absolute atomic E-state index is 12.7. The van der Waals surface area contributed by atoms with Crippen molar-refractivity contribution in [2.24, 2.45) is 0 Å². The number of aliphatic hydroxyl groups excluding tert-OH is 1. The molecule has 2 amide bonds. The van der Waals surface area contributed by atoms with Gasteiger partial charge in [-0.15, -0.1) is 0 Å². The largest absolute Gasteiger partial charge is 0.492 e. The molecule has 0 aromatic heterocycles. The SMILES string of the molecule is CN(CCOc1ccccc1)C(=O)[C@H]1C[C@@H](O)CN1C(=O)OC(C)(C)C. The van der Waals surface area contributed by atoms with E-state index in [9.17, 15) is 14.7 Å². The van der Waals surface area contributed by atoms with Crippen molar-refractivity contribution in [3.8, 4) is 5.75 Å². The van der Waals surface area contributed by atoms with Crippen LogP contribution in [0.2, 0.25) is 0 Å². The van der Waals surface area contributed by atoms with E-state index in [0.717, 1.165) is 5.75 Å². The Morgan fingerprint density at radius 2 is 1.92 bits per heavy atom. The topological polar surface area (TPSA) is 79.3 Å². The van der Waals surface area contributed by atoms with Gasteiger partial charge < -0.3 is 19.5 Å². The summed E-state index contributed by atoms with van der Waals surface area (Å²) in [7, 11) is 1.66. The predicted octanol–water partition coefficient (Wildman–Crippen LogP) is 1.89. The molecule has 7 heteroatoms. The van der Waals surface area contributed by atoms with Gasteiger partial charge in [-0.2, -0.15) is 0 Å². The Balaban J connectivity index is 1.91. The molecule has 7 nitrogen and oxygen atoms in total. The quantitative estimate of drug-likeness (QED) is 0.863. The third-order valence-corrected chi connectivity index (χ3v) is 4.01. The van der Waals surface area contributed by atoms with Crippen molar-refractivity contribution < 1.29 is 24.2 Å². The minimum absolute atomic E-state index is 0.0969. The van der Waals surface area contributed by atoms with Crippen LogP contribution in [-0.4, -0.2) is 71.4 Å². The summed E-state index contributed by atoms with van der Waals surface area (Å²) < 4.78 is 11.0. The molecule has 1 aromatic rings. The van der Waals surface area contributed by atoms with Gasteiger partial charge in [0, 0.05) is 13.5 Å². The van der Waals surface area contributed by atoms with Gasteiger partial charge in [0.15, 0.2) is 0 Å². The fraction of sp³-hybridized carbons (Fsp3) is 0.579. The molecule has 2 rings (SSSR count). The highest BCUT2D eigenvalue weighted by Crippen LogP contribution is 2.22. The predicted molar refractivity (Wildman–Crippen MR) is 96.9 cm³/mol. The molecular formula is C19H28N2O5. The Morgan fingerprint density at radius 3 is 2.54 bits per heavy atom. The van der Waals surface area contributed by atoms with Crippen molar-refractivity contribution in [1.82, 2.24) is 9.80 Å². The molecule has 26 heavy (non-hydrogen) atoms. The molecule has 1 N–H and O–H groups in total. The van der Waals surface area contributed by atoms with E-state index < -0.39 is 23.8 Å². The second-order valence-electron chi connectivity index (χ2n) is 7.46. The van der Waals surface area contributed by atoms with Gasteiger partial charge in [-0.3, -0.25) is 9.69 Å². The Kier molecular flexibility index (Phi) is 6.47. The van der Waals surface area contributed by atoms with Gasteiger partial charge in [0.05, 0.1) is 19.2 Å². The van der Waals surface area contributed by atoms with Crippen LogP contribution in [0, 0.1) is 0 Å². The van der Waals surface area contributed by atoms with Crippen molar-refractivity contribution >= 4 is 12.0 Å². The zero-order chi connectivity index (χ0) is 19.3. The molecule has 0 unspecified atom stereocenters. The fourth-order valence-corrected chi connectivity index (χ4v) is 2.75. The molecule has 1 aliphatic heterocycles. The van der Waals surface area contributed by atoms with Crippen LogP contribution < -0.4 is 4.74 Å². The molecule has 1 heterocycles. The summed E-state index contributed by atoms with van der Waals surface area (Å²) in [6.07, 6.45) is -1.10. The van der Waals surface area contributed by atoms with Crippen molar-refractivity contribution in [2.45, 2.75) is 44.9 Å². The first kappa shape index (κ1) is 20.0. The number of benzene rings is 1. The van der Waals surface area contributed by atoms with Crippen LogP contribution in [0.1, 0.15) is 27.2 Å². The molecular weight excluding hydrogens is 336 g/mol. The number of carbonyl (C=O) groups excluding carboxylic acids is 2. The summed E-state index contributed by atoms with van der Waals surface area (Å²) in [5, 5.41) is 9.93. The summed E-state index contributed by atoms with van der Waals surface area (Å²) in [6, 6.07) is 8.63. The monoisotopic (exact) mass is 364 g/mol. The van der Waals surface area contributed by atoms with E-state index in [4.69, 9.17) is 9.47 Å². The van der Waals surface area contributed by atoms with E-state index in [1.165, 1.54) is 9.80 Å². The number of amides is 2. The zero-order valence-electron chi connectivity index (χ0n) is 15.8. The molecule has 0 spiro atoms. The average Bonchev–Trinajstić information content (AvgIpc) is 2.95. The van der Waals surface area contributed by atoms with E-state index in [1.54, 1.807) is 27.8 Å². The molecule has 0 radical (unpaired) electrons. The highest BCUT2D eigenvalue weighted by molar-refractivity contribution is 5.86. The molecule has 1 fully saturated rings. The lowest BCUT2D eigenvalue weighted by Gasteiger charge is -2.30. The van der Waals surface area contributed by atoms with Crippen LogP contribution in [0.25, 0.3) is 0 Å². The number of hydrogen-bond acceptors (Lipinski definition) is 5. The standard InChI is InChI=1S/C19H28N2O5/c1-19(2,3)26-18(24)21-13-14(22)12-16(21)17(23)20(4)10-11-25-15-8-6-5-7-9-15/h5-9,14,16,22H,10-13H2,1-4H3/t14-,16-/m1/s1. The summed E-state index contributed by atoms with van der Waals surface area (Å²) in [6.45, 7) is 6.11. The first-order valence-electron chi connectivity index (χ1n) is 8.78. The Bertz CT molecular complexity index is 614. The van der Waals surface area contributed by atoms with Crippen molar-refractivity contribution in [3.05, 3.63) is 30.3 Å². The normalized spacial score (nSPS) is 20.0. The Labute approximate surface area is 154 Å². The summed E-state index contributed by atoms with van der Waals surface area (Å²) in [5.41, 5.74) is -0.659. The summed E-state index contributed by atoms with van der Waals surface area (Å²) >= 11 is 0. The van der Waals surface area contributed by atoms with Gasteiger partial charge in [0.2, 0.25) is 5.91 Å². The maximum Gasteiger partial charge on any atom is 0.411 e. The van der Waals surface area contributed by atoms with Crippen LogP contribution in [0.15, 0.2) is 30.3 Å². The molecule has 1 saturated heterocycles. The van der Waals surface area contributed by atoms with Crippen molar-refractivity contribution in [3.63, 3.8) is 0 Å².